The summed E-state index contributed by atoms with van der Waals surface area (Å²) in [5, 5.41) is 3.46. The third-order valence-electron chi connectivity index (χ3n) is 6.32. The fraction of sp³-hybridized carbons (Fsp3) is 0.233. The van der Waals surface area contributed by atoms with E-state index in [0.717, 1.165) is 40.6 Å². The molecule has 0 aromatic heterocycles. The van der Waals surface area contributed by atoms with E-state index >= 15 is 0 Å². The lowest BCUT2D eigenvalue weighted by atomic mass is 9.95. The van der Waals surface area contributed by atoms with Gasteiger partial charge >= 0.3 is 0 Å². The van der Waals surface area contributed by atoms with Crippen molar-refractivity contribution in [2.24, 2.45) is 5.73 Å². The molecule has 0 bridgehead atoms. The van der Waals surface area contributed by atoms with Gasteiger partial charge in [0.25, 0.3) is 0 Å². The summed E-state index contributed by atoms with van der Waals surface area (Å²) in [4.78, 5) is 36.6. The number of ether oxygens (including phenoxy) is 1. The second-order valence-electron chi connectivity index (χ2n) is 8.82. The number of rotatable bonds is 11. The van der Waals surface area contributed by atoms with Gasteiger partial charge in [-0.1, -0.05) is 42.5 Å². The van der Waals surface area contributed by atoms with Crippen LogP contribution in [0.2, 0.25) is 0 Å². The summed E-state index contributed by atoms with van der Waals surface area (Å²) < 4.78 is 5.83. The van der Waals surface area contributed by atoms with Crippen LogP contribution < -0.4 is 20.7 Å². The van der Waals surface area contributed by atoms with Crippen LogP contribution in [0.3, 0.4) is 0 Å². The van der Waals surface area contributed by atoms with Crippen molar-refractivity contribution in [3.05, 3.63) is 95.1 Å². The van der Waals surface area contributed by atoms with Gasteiger partial charge in [0.15, 0.2) is 0 Å². The molecule has 0 aliphatic carbocycles. The number of para-hydroxylation sites is 1. The highest BCUT2D eigenvalue weighted by atomic mass is 16.5. The number of carbonyl (C=O) groups is 3. The number of unbranched alkanes of at least 4 members (excludes halogenated alkanes) is 2. The molecule has 1 aliphatic heterocycles. The van der Waals surface area contributed by atoms with Crippen molar-refractivity contribution in [1.29, 1.82) is 0 Å². The number of nitrogens with two attached hydrogens (primary N) is 1. The number of nitrogens with one attached hydrogen (secondary N) is 1. The lowest BCUT2D eigenvalue weighted by molar-refractivity contribution is -0.119. The van der Waals surface area contributed by atoms with E-state index in [1.807, 2.05) is 48.5 Å². The molecule has 0 fully saturated rings. The Morgan fingerprint density at radius 2 is 1.68 bits per heavy atom. The number of carbonyl (C=O) groups excluding carboxylic acids is 3. The number of nitrogens with zero attached hydrogens (tertiary/aromatic N) is 1. The van der Waals surface area contributed by atoms with Crippen LogP contribution in [0.25, 0.3) is 11.4 Å². The molecule has 0 saturated carbocycles. The molecule has 1 amide bonds. The molecular formula is C30H31N3O4. The Hall–Kier alpha value is -4.39. The normalized spacial score (nSPS) is 14.5. The van der Waals surface area contributed by atoms with Crippen LogP contribution in [0.15, 0.2) is 72.8 Å². The fourth-order valence-electron chi connectivity index (χ4n) is 4.41. The highest BCUT2D eigenvalue weighted by molar-refractivity contribution is 6.01. The molecule has 3 aromatic carbocycles. The minimum absolute atomic E-state index is 0.00589. The topological polar surface area (TPSA) is 102 Å². The van der Waals surface area contributed by atoms with Crippen LogP contribution in [-0.4, -0.2) is 31.6 Å². The summed E-state index contributed by atoms with van der Waals surface area (Å²) in [7, 11) is 0. The number of aldehydes is 2. The SMILES string of the molecule is N/C1=C(\NCCOc2ccc(C=O)cc2)c2ccccc2CN(C(=O)CCCCC=O)c2ccccc21. The summed E-state index contributed by atoms with van der Waals surface area (Å²) in [5.74, 6) is 0.686. The molecule has 1 aliphatic rings. The number of fused-ring (bicyclic) bond motifs is 2. The van der Waals surface area contributed by atoms with Crippen LogP contribution in [0.5, 0.6) is 5.75 Å². The van der Waals surface area contributed by atoms with E-state index < -0.39 is 0 Å². The van der Waals surface area contributed by atoms with Crippen molar-refractivity contribution in [2.45, 2.75) is 32.2 Å². The minimum Gasteiger partial charge on any atom is -0.492 e. The minimum atomic E-state index is 0.00589. The second-order valence-corrected chi connectivity index (χ2v) is 8.82. The molecule has 1 heterocycles. The number of hydrogen-bond acceptors (Lipinski definition) is 6. The maximum atomic E-state index is 13.3. The smallest absolute Gasteiger partial charge is 0.227 e. The quantitative estimate of drug-likeness (QED) is 0.298. The van der Waals surface area contributed by atoms with Crippen LogP contribution >= 0.6 is 0 Å². The van der Waals surface area contributed by atoms with Crippen molar-refractivity contribution in [3.63, 3.8) is 0 Å². The van der Waals surface area contributed by atoms with Gasteiger partial charge in [0.2, 0.25) is 5.91 Å². The van der Waals surface area contributed by atoms with E-state index in [0.29, 0.717) is 62.4 Å². The molecule has 0 unspecified atom stereocenters. The Bertz CT molecular complexity index is 1280. The molecule has 190 valence electrons. The number of benzene rings is 3. The zero-order valence-electron chi connectivity index (χ0n) is 20.7. The third-order valence-corrected chi connectivity index (χ3v) is 6.32. The average Bonchev–Trinajstić information content (AvgIpc) is 2.94. The highest BCUT2D eigenvalue weighted by Crippen LogP contribution is 2.35. The maximum absolute atomic E-state index is 13.3. The fourth-order valence-corrected chi connectivity index (χ4v) is 4.41. The van der Waals surface area contributed by atoms with Gasteiger partial charge in [0, 0.05) is 36.1 Å². The van der Waals surface area contributed by atoms with Gasteiger partial charge in [-0.3, -0.25) is 9.59 Å². The Morgan fingerprint density at radius 3 is 2.43 bits per heavy atom. The molecule has 0 radical (unpaired) electrons. The van der Waals surface area contributed by atoms with Gasteiger partial charge < -0.3 is 25.5 Å². The second kappa shape index (κ2) is 12.5. The first-order valence-corrected chi connectivity index (χ1v) is 12.5. The monoisotopic (exact) mass is 497 g/mol. The molecule has 7 heteroatoms. The van der Waals surface area contributed by atoms with Gasteiger partial charge in [-0.2, -0.15) is 0 Å². The lowest BCUT2D eigenvalue weighted by Gasteiger charge is -2.30. The van der Waals surface area contributed by atoms with Crippen LogP contribution in [0, 0.1) is 0 Å². The number of hydrogen-bond donors (Lipinski definition) is 2. The van der Waals surface area contributed by atoms with Crippen molar-refractivity contribution in [2.75, 3.05) is 18.1 Å². The summed E-state index contributed by atoms with van der Waals surface area (Å²) >= 11 is 0. The lowest BCUT2D eigenvalue weighted by Crippen LogP contribution is -2.34. The third kappa shape index (κ3) is 6.25. The molecule has 37 heavy (non-hydrogen) atoms. The molecule has 3 N–H and O–H groups in total. The summed E-state index contributed by atoms with van der Waals surface area (Å²) in [6.45, 7) is 1.31. The highest BCUT2D eigenvalue weighted by Gasteiger charge is 2.25. The predicted octanol–water partition coefficient (Wildman–Crippen LogP) is 4.56. The molecular weight excluding hydrogens is 466 g/mol. The van der Waals surface area contributed by atoms with Gasteiger partial charge in [-0.15, -0.1) is 0 Å². The Balaban J connectivity index is 1.59. The molecule has 0 spiro atoms. The van der Waals surface area contributed by atoms with Crippen molar-refractivity contribution in [1.82, 2.24) is 5.32 Å². The van der Waals surface area contributed by atoms with E-state index in [2.05, 4.69) is 5.32 Å². The molecule has 0 atom stereocenters. The first kappa shape index (κ1) is 25.7. The van der Waals surface area contributed by atoms with Gasteiger partial charge in [0.1, 0.15) is 24.9 Å². The zero-order chi connectivity index (χ0) is 26.0. The molecule has 0 saturated heterocycles. The predicted molar refractivity (Wildman–Crippen MR) is 145 cm³/mol. The Morgan fingerprint density at radius 1 is 0.946 bits per heavy atom. The molecule has 4 rings (SSSR count). The van der Waals surface area contributed by atoms with Gasteiger partial charge in [0.05, 0.1) is 23.6 Å². The van der Waals surface area contributed by atoms with E-state index in [4.69, 9.17) is 10.5 Å². The van der Waals surface area contributed by atoms with Crippen molar-refractivity contribution < 1.29 is 19.1 Å². The van der Waals surface area contributed by atoms with E-state index in [9.17, 15) is 14.4 Å². The van der Waals surface area contributed by atoms with E-state index in [1.54, 1.807) is 29.2 Å². The van der Waals surface area contributed by atoms with Crippen molar-refractivity contribution >= 4 is 35.6 Å². The van der Waals surface area contributed by atoms with Crippen LogP contribution in [-0.2, 0) is 16.1 Å². The summed E-state index contributed by atoms with van der Waals surface area (Å²) in [6.07, 6.45) is 3.87. The van der Waals surface area contributed by atoms with Crippen LogP contribution in [0.4, 0.5) is 5.69 Å². The molecule has 3 aromatic rings. The first-order valence-electron chi connectivity index (χ1n) is 12.5. The maximum Gasteiger partial charge on any atom is 0.227 e. The first-order chi connectivity index (χ1) is 18.1. The number of anilines is 1. The summed E-state index contributed by atoms with van der Waals surface area (Å²) in [5.41, 5.74) is 12.2. The largest absolute Gasteiger partial charge is 0.492 e. The Kier molecular flexibility index (Phi) is 8.70. The summed E-state index contributed by atoms with van der Waals surface area (Å²) in [6, 6.07) is 22.6. The average molecular weight is 498 g/mol. The zero-order valence-corrected chi connectivity index (χ0v) is 20.7. The number of amides is 1. The van der Waals surface area contributed by atoms with E-state index in [-0.39, 0.29) is 5.91 Å². The van der Waals surface area contributed by atoms with E-state index in [1.165, 1.54) is 0 Å². The molecule has 7 nitrogen and oxygen atoms in total. The van der Waals surface area contributed by atoms with Crippen molar-refractivity contribution in [3.8, 4) is 5.75 Å². The van der Waals surface area contributed by atoms with Gasteiger partial charge in [-0.05, 0) is 48.7 Å². The standard InChI is InChI=1S/C30H31N3O4/c31-29-26-10-5-6-11-27(26)33(28(36)12-2-1-7-18-34)20-23-8-3-4-9-25(23)30(29)32-17-19-37-24-15-13-22(21-35)14-16-24/h3-6,8-11,13-16,18,21,32H,1-2,7,12,17,19-20,31H2/b30-29-. The Labute approximate surface area is 216 Å². The van der Waals surface area contributed by atoms with Crippen LogP contribution in [0.1, 0.15) is 52.7 Å². The van der Waals surface area contributed by atoms with Gasteiger partial charge in [-0.25, -0.2) is 0 Å².